The summed E-state index contributed by atoms with van der Waals surface area (Å²) in [5.41, 5.74) is 0. The first-order chi connectivity index (χ1) is 11.8. The zero-order valence-corrected chi connectivity index (χ0v) is 14.4. The highest BCUT2D eigenvalue weighted by Gasteiger charge is 2.45. The van der Waals surface area contributed by atoms with Crippen LogP contribution in [0.5, 0.6) is 0 Å². The number of hydrogen-bond donors (Lipinski definition) is 5. The summed E-state index contributed by atoms with van der Waals surface area (Å²) in [4.78, 5) is 34.5. The van der Waals surface area contributed by atoms with Crippen molar-refractivity contribution in [1.29, 1.82) is 0 Å². The van der Waals surface area contributed by atoms with Crippen LogP contribution < -0.4 is 10.6 Å². The van der Waals surface area contributed by atoms with E-state index in [1.807, 2.05) is 0 Å². The lowest BCUT2D eigenvalue weighted by Gasteiger charge is -2.40. The Kier molecular flexibility index (Phi) is 7.02. The van der Waals surface area contributed by atoms with Gasteiger partial charge < -0.3 is 35.4 Å². The Bertz CT molecular complexity index is 519. The molecule has 0 aliphatic carbocycles. The van der Waals surface area contributed by atoms with Gasteiger partial charge in [0.25, 0.3) is 5.24 Å². The fourth-order valence-corrected chi connectivity index (χ4v) is 3.26. The number of ether oxygens (including phenoxy) is 2. The molecular formula is C14H22N2O8S. The number of aliphatic hydroxyl groups excluding tert-OH is 3. The summed E-state index contributed by atoms with van der Waals surface area (Å²) in [7, 11) is 0. The summed E-state index contributed by atoms with van der Waals surface area (Å²) in [6.45, 7) is 1.38. The van der Waals surface area contributed by atoms with Crippen LogP contribution >= 0.6 is 11.8 Å². The number of aliphatic hydroxyl groups is 3. The molecule has 2 rings (SSSR count). The first-order valence-electron chi connectivity index (χ1n) is 7.92. The molecule has 6 atom stereocenters. The molecule has 0 bridgehead atoms. The van der Waals surface area contributed by atoms with E-state index in [1.165, 1.54) is 0 Å². The number of hydrogen-bond acceptors (Lipinski definition) is 9. The highest BCUT2D eigenvalue weighted by Crippen LogP contribution is 2.21. The van der Waals surface area contributed by atoms with E-state index >= 15 is 0 Å². The maximum atomic E-state index is 11.8. The van der Waals surface area contributed by atoms with E-state index in [-0.39, 0.29) is 23.3 Å². The Labute approximate surface area is 148 Å². The Morgan fingerprint density at radius 1 is 1.36 bits per heavy atom. The summed E-state index contributed by atoms with van der Waals surface area (Å²) in [5, 5.41) is 34.6. The lowest BCUT2D eigenvalue weighted by Crippen LogP contribution is -2.64. The van der Waals surface area contributed by atoms with Crippen LogP contribution in [0.4, 0.5) is 4.79 Å². The smallest absolute Gasteiger partial charge is 0.329 e. The van der Waals surface area contributed by atoms with E-state index in [0.717, 1.165) is 11.8 Å². The monoisotopic (exact) mass is 378 g/mol. The molecule has 0 saturated carbocycles. The third-order valence-electron chi connectivity index (χ3n) is 3.87. The molecule has 0 aromatic heterocycles. The van der Waals surface area contributed by atoms with E-state index in [4.69, 9.17) is 9.47 Å². The Morgan fingerprint density at radius 2 is 2.08 bits per heavy atom. The Hall–Kier alpha value is -1.40. The zero-order chi connectivity index (χ0) is 18.6. The largest absolute Gasteiger partial charge is 0.461 e. The predicted octanol–water partition coefficient (Wildman–Crippen LogP) is -1.92. The third kappa shape index (κ3) is 5.05. The van der Waals surface area contributed by atoms with E-state index in [9.17, 15) is 29.7 Å². The number of carbonyl (C=O) groups excluding carboxylic acids is 3. The normalized spacial score (nSPS) is 35.1. The molecule has 25 heavy (non-hydrogen) atoms. The number of esters is 1. The molecule has 0 aromatic rings. The van der Waals surface area contributed by atoms with Crippen LogP contribution in [0.2, 0.25) is 0 Å². The second-order valence-corrected chi connectivity index (χ2v) is 6.81. The van der Waals surface area contributed by atoms with Gasteiger partial charge in [0, 0.05) is 12.2 Å². The van der Waals surface area contributed by atoms with Crippen LogP contribution in [-0.2, 0) is 19.1 Å². The summed E-state index contributed by atoms with van der Waals surface area (Å²) in [6.07, 6.45) is -4.91. The topological polar surface area (TPSA) is 154 Å². The van der Waals surface area contributed by atoms with Crippen molar-refractivity contribution in [1.82, 2.24) is 10.6 Å². The van der Waals surface area contributed by atoms with Gasteiger partial charge in [-0.2, -0.15) is 0 Å². The van der Waals surface area contributed by atoms with Gasteiger partial charge in [0.1, 0.15) is 37.0 Å². The van der Waals surface area contributed by atoms with Gasteiger partial charge in [0.15, 0.2) is 6.29 Å². The molecule has 142 valence electrons. The lowest BCUT2D eigenvalue weighted by molar-refractivity contribution is -0.255. The first-order valence-corrected chi connectivity index (χ1v) is 8.91. The fraction of sp³-hybridized carbons (Fsp3) is 0.786. The van der Waals surface area contributed by atoms with Crippen LogP contribution in [-0.4, -0.2) is 81.5 Å². The van der Waals surface area contributed by atoms with E-state index in [0.29, 0.717) is 6.42 Å². The van der Waals surface area contributed by atoms with Crippen LogP contribution in [0.1, 0.15) is 19.8 Å². The number of amides is 2. The third-order valence-corrected chi connectivity index (χ3v) is 4.75. The van der Waals surface area contributed by atoms with Gasteiger partial charge in [-0.3, -0.25) is 9.59 Å². The molecule has 10 nitrogen and oxygen atoms in total. The highest BCUT2D eigenvalue weighted by molar-refractivity contribution is 8.14. The van der Waals surface area contributed by atoms with Gasteiger partial charge in [-0.05, 0) is 6.42 Å². The number of nitrogens with one attached hydrogen (secondary N) is 2. The molecule has 2 unspecified atom stereocenters. The standard InChI is InChI=1S/C14H22N2O8S/c1-2-3-8(17)16-9-11(19)10(18)7(24-13(9)21)4-23-12(20)6-5-25-14(22)15-6/h6-7,9-11,13,18-19,21H,2-5H2,1H3,(H,15,22)(H,16,17)/t6?,7-,9-,10-,11-,13?/m1/s1. The predicted molar refractivity (Wildman–Crippen MR) is 85.5 cm³/mol. The maximum Gasteiger partial charge on any atom is 0.329 e. The summed E-state index contributed by atoms with van der Waals surface area (Å²) in [6, 6.07) is -1.97. The van der Waals surface area contributed by atoms with Gasteiger partial charge in [-0.25, -0.2) is 4.79 Å². The lowest BCUT2D eigenvalue weighted by atomic mass is 9.97. The molecule has 2 aliphatic rings. The molecule has 2 aliphatic heterocycles. The number of thioether (sulfide) groups is 1. The molecule has 0 spiro atoms. The second kappa shape index (κ2) is 8.81. The van der Waals surface area contributed by atoms with Crippen molar-refractivity contribution in [3.8, 4) is 0 Å². The van der Waals surface area contributed by atoms with Crippen molar-refractivity contribution >= 4 is 28.9 Å². The van der Waals surface area contributed by atoms with Crippen LogP contribution in [0.3, 0.4) is 0 Å². The van der Waals surface area contributed by atoms with Crippen molar-refractivity contribution in [2.75, 3.05) is 12.4 Å². The van der Waals surface area contributed by atoms with Crippen molar-refractivity contribution in [3.63, 3.8) is 0 Å². The van der Waals surface area contributed by atoms with Crippen molar-refractivity contribution in [2.45, 2.75) is 56.5 Å². The molecule has 11 heteroatoms. The SMILES string of the molecule is CCCC(=O)N[C@H]1C(O)O[C@H](COC(=O)C2CSC(=O)N2)[C@@H](O)[C@@H]1O. The summed E-state index contributed by atoms with van der Waals surface area (Å²) < 4.78 is 10.1. The van der Waals surface area contributed by atoms with E-state index in [2.05, 4.69) is 10.6 Å². The average Bonchev–Trinajstić information content (AvgIpc) is 3.00. The van der Waals surface area contributed by atoms with E-state index in [1.54, 1.807) is 6.92 Å². The average molecular weight is 378 g/mol. The molecular weight excluding hydrogens is 356 g/mol. The Balaban J connectivity index is 1.86. The minimum atomic E-state index is -1.57. The molecule has 0 radical (unpaired) electrons. The molecule has 2 heterocycles. The van der Waals surface area contributed by atoms with Gasteiger partial charge in [-0.1, -0.05) is 18.7 Å². The minimum absolute atomic E-state index is 0.207. The Morgan fingerprint density at radius 3 is 2.68 bits per heavy atom. The summed E-state index contributed by atoms with van der Waals surface area (Å²) in [5.74, 6) is -0.847. The second-order valence-electron chi connectivity index (χ2n) is 5.82. The van der Waals surface area contributed by atoms with Crippen molar-refractivity contribution in [3.05, 3.63) is 0 Å². The minimum Gasteiger partial charge on any atom is -0.461 e. The molecule has 5 N–H and O–H groups in total. The van der Waals surface area contributed by atoms with Crippen LogP contribution in [0.25, 0.3) is 0 Å². The molecule has 2 amide bonds. The van der Waals surface area contributed by atoms with Gasteiger partial charge in [0.2, 0.25) is 5.91 Å². The van der Waals surface area contributed by atoms with Gasteiger partial charge in [0.05, 0.1) is 0 Å². The number of rotatable bonds is 6. The maximum absolute atomic E-state index is 11.8. The van der Waals surface area contributed by atoms with Crippen LogP contribution in [0, 0.1) is 0 Å². The van der Waals surface area contributed by atoms with Crippen molar-refractivity contribution in [2.24, 2.45) is 0 Å². The molecule has 0 aromatic carbocycles. The van der Waals surface area contributed by atoms with Gasteiger partial charge in [-0.15, -0.1) is 0 Å². The fourth-order valence-electron chi connectivity index (χ4n) is 2.50. The first kappa shape index (κ1) is 19.9. The van der Waals surface area contributed by atoms with Crippen molar-refractivity contribution < 1.29 is 39.2 Å². The highest BCUT2D eigenvalue weighted by atomic mass is 32.2. The summed E-state index contributed by atoms with van der Waals surface area (Å²) >= 11 is 0.955. The van der Waals surface area contributed by atoms with Gasteiger partial charge >= 0.3 is 5.97 Å². The molecule has 2 fully saturated rings. The van der Waals surface area contributed by atoms with Crippen LogP contribution in [0.15, 0.2) is 0 Å². The van der Waals surface area contributed by atoms with E-state index < -0.39 is 49.3 Å². The number of carbonyl (C=O) groups is 3. The zero-order valence-electron chi connectivity index (χ0n) is 13.6. The molecule has 2 saturated heterocycles. The quantitative estimate of drug-likeness (QED) is 0.333.